The van der Waals surface area contributed by atoms with E-state index in [2.05, 4.69) is 15.5 Å². The van der Waals surface area contributed by atoms with E-state index in [4.69, 9.17) is 4.52 Å². The van der Waals surface area contributed by atoms with E-state index in [1.165, 1.54) is 6.33 Å². The zero-order chi connectivity index (χ0) is 10.4. The van der Waals surface area contributed by atoms with Gasteiger partial charge in [0, 0.05) is 13.0 Å². The second-order valence-corrected chi connectivity index (χ2v) is 3.90. The van der Waals surface area contributed by atoms with Gasteiger partial charge in [-0.05, 0) is 26.8 Å². The highest BCUT2D eigenvalue weighted by Gasteiger charge is 2.10. The van der Waals surface area contributed by atoms with E-state index in [-0.39, 0.29) is 0 Å². The van der Waals surface area contributed by atoms with Crippen LogP contribution in [0.15, 0.2) is 10.9 Å². The fraction of sp³-hybridized carbons (Fsp3) is 0.778. The highest BCUT2D eigenvalue weighted by Crippen LogP contribution is 2.04. The third kappa shape index (κ3) is 4.94. The van der Waals surface area contributed by atoms with Crippen LogP contribution >= 0.6 is 0 Å². The molecule has 1 rings (SSSR count). The SMILES string of the molecule is CC(C)(O)CCNCCc1ncno1. The van der Waals surface area contributed by atoms with Crippen LogP contribution < -0.4 is 5.32 Å². The number of aliphatic hydroxyl groups is 1. The summed E-state index contributed by atoms with van der Waals surface area (Å²) >= 11 is 0. The molecule has 0 unspecified atom stereocenters. The molecule has 80 valence electrons. The van der Waals surface area contributed by atoms with Gasteiger partial charge in [0.05, 0.1) is 5.60 Å². The van der Waals surface area contributed by atoms with Gasteiger partial charge in [-0.3, -0.25) is 0 Å². The van der Waals surface area contributed by atoms with E-state index in [1.807, 2.05) is 0 Å². The van der Waals surface area contributed by atoms with Gasteiger partial charge in [-0.15, -0.1) is 0 Å². The van der Waals surface area contributed by atoms with Gasteiger partial charge in [0.25, 0.3) is 0 Å². The summed E-state index contributed by atoms with van der Waals surface area (Å²) in [5.74, 6) is 0.640. The summed E-state index contributed by atoms with van der Waals surface area (Å²) in [5, 5.41) is 16.1. The Hall–Kier alpha value is -0.940. The quantitative estimate of drug-likeness (QED) is 0.647. The minimum atomic E-state index is -0.600. The lowest BCUT2D eigenvalue weighted by Crippen LogP contribution is -2.27. The Morgan fingerprint density at radius 3 is 2.86 bits per heavy atom. The lowest BCUT2D eigenvalue weighted by molar-refractivity contribution is 0.0713. The molecule has 0 spiro atoms. The minimum Gasteiger partial charge on any atom is -0.390 e. The van der Waals surface area contributed by atoms with Gasteiger partial charge in [-0.2, -0.15) is 4.98 Å². The predicted octanol–water partition coefficient (Wildman–Crippen LogP) is 0.363. The van der Waals surface area contributed by atoms with Gasteiger partial charge >= 0.3 is 0 Å². The van der Waals surface area contributed by atoms with E-state index in [0.717, 1.165) is 25.9 Å². The van der Waals surface area contributed by atoms with E-state index in [9.17, 15) is 5.11 Å². The summed E-state index contributed by atoms with van der Waals surface area (Å²) in [6, 6.07) is 0. The number of hydrogen-bond donors (Lipinski definition) is 2. The third-order valence-electron chi connectivity index (χ3n) is 1.84. The number of nitrogens with zero attached hydrogens (tertiary/aromatic N) is 2. The Bertz CT molecular complexity index is 241. The van der Waals surface area contributed by atoms with Crippen molar-refractivity contribution < 1.29 is 9.63 Å². The highest BCUT2D eigenvalue weighted by molar-refractivity contribution is 4.75. The lowest BCUT2D eigenvalue weighted by Gasteiger charge is -2.16. The van der Waals surface area contributed by atoms with Crippen molar-refractivity contribution in [3.8, 4) is 0 Å². The first-order valence-electron chi connectivity index (χ1n) is 4.76. The smallest absolute Gasteiger partial charge is 0.227 e. The Labute approximate surface area is 83.5 Å². The van der Waals surface area contributed by atoms with Crippen LogP contribution in [0.2, 0.25) is 0 Å². The summed E-state index contributed by atoms with van der Waals surface area (Å²) in [6.45, 7) is 5.18. The molecule has 5 nitrogen and oxygen atoms in total. The molecule has 1 aromatic rings. The Morgan fingerprint density at radius 2 is 2.29 bits per heavy atom. The van der Waals surface area contributed by atoms with Crippen LogP contribution in [0.25, 0.3) is 0 Å². The van der Waals surface area contributed by atoms with Gasteiger partial charge < -0.3 is 14.9 Å². The average molecular weight is 199 g/mol. The van der Waals surface area contributed by atoms with Crippen molar-refractivity contribution in [2.24, 2.45) is 0 Å². The number of aromatic nitrogens is 2. The zero-order valence-corrected chi connectivity index (χ0v) is 8.66. The normalized spacial score (nSPS) is 11.9. The van der Waals surface area contributed by atoms with Crippen LogP contribution in [-0.2, 0) is 6.42 Å². The molecule has 1 aromatic heterocycles. The average Bonchev–Trinajstić information content (AvgIpc) is 2.54. The molecule has 0 saturated carbocycles. The van der Waals surface area contributed by atoms with Crippen LogP contribution in [0.4, 0.5) is 0 Å². The number of nitrogens with one attached hydrogen (secondary N) is 1. The molecular formula is C9H17N3O2. The number of rotatable bonds is 6. The second-order valence-electron chi connectivity index (χ2n) is 3.90. The summed E-state index contributed by atoms with van der Waals surface area (Å²) in [6.07, 6.45) is 2.86. The summed E-state index contributed by atoms with van der Waals surface area (Å²) in [7, 11) is 0. The molecule has 0 amide bonds. The first-order valence-corrected chi connectivity index (χ1v) is 4.76. The van der Waals surface area contributed by atoms with Gasteiger partial charge in [-0.25, -0.2) is 0 Å². The molecule has 0 aliphatic carbocycles. The Morgan fingerprint density at radius 1 is 1.50 bits per heavy atom. The van der Waals surface area contributed by atoms with Gasteiger partial charge in [-0.1, -0.05) is 5.16 Å². The maximum atomic E-state index is 9.42. The summed E-state index contributed by atoms with van der Waals surface area (Å²) in [4.78, 5) is 3.90. The highest BCUT2D eigenvalue weighted by atomic mass is 16.5. The van der Waals surface area contributed by atoms with Crippen LogP contribution in [0.3, 0.4) is 0 Å². The van der Waals surface area contributed by atoms with E-state index < -0.39 is 5.60 Å². The number of hydrogen-bond acceptors (Lipinski definition) is 5. The fourth-order valence-corrected chi connectivity index (χ4v) is 1.02. The molecule has 0 bridgehead atoms. The van der Waals surface area contributed by atoms with Gasteiger partial charge in [0.15, 0.2) is 6.33 Å². The van der Waals surface area contributed by atoms with E-state index in [0.29, 0.717) is 5.89 Å². The summed E-state index contributed by atoms with van der Waals surface area (Å²) < 4.78 is 4.83. The topological polar surface area (TPSA) is 71.2 Å². The van der Waals surface area contributed by atoms with Crippen LogP contribution in [0, 0.1) is 0 Å². The molecule has 1 heterocycles. The first kappa shape index (κ1) is 11.1. The molecule has 0 radical (unpaired) electrons. The molecule has 0 aliphatic rings. The third-order valence-corrected chi connectivity index (χ3v) is 1.84. The fourth-order valence-electron chi connectivity index (χ4n) is 1.02. The Kier molecular flexibility index (Phi) is 4.03. The maximum absolute atomic E-state index is 9.42. The van der Waals surface area contributed by atoms with Crippen molar-refractivity contribution in [3.63, 3.8) is 0 Å². The second kappa shape index (κ2) is 5.07. The molecule has 2 N–H and O–H groups in total. The standard InChI is InChI=1S/C9H17N3O2/c1-9(2,13)4-6-10-5-3-8-11-7-12-14-8/h7,10,13H,3-6H2,1-2H3. The van der Waals surface area contributed by atoms with Crippen LogP contribution in [0.1, 0.15) is 26.2 Å². The molecule has 0 atom stereocenters. The van der Waals surface area contributed by atoms with Gasteiger partial charge in [0.1, 0.15) is 0 Å². The largest absolute Gasteiger partial charge is 0.390 e. The monoisotopic (exact) mass is 199 g/mol. The molecule has 0 aromatic carbocycles. The molecule has 0 fully saturated rings. The molecule has 5 heteroatoms. The van der Waals surface area contributed by atoms with Crippen LogP contribution in [0.5, 0.6) is 0 Å². The van der Waals surface area contributed by atoms with Crippen LogP contribution in [-0.4, -0.2) is 33.9 Å². The first-order chi connectivity index (χ1) is 6.58. The Balaban J connectivity index is 2.00. The van der Waals surface area contributed by atoms with Crippen molar-refractivity contribution in [3.05, 3.63) is 12.2 Å². The van der Waals surface area contributed by atoms with Crippen molar-refractivity contribution in [1.29, 1.82) is 0 Å². The van der Waals surface area contributed by atoms with Gasteiger partial charge in [0.2, 0.25) is 5.89 Å². The summed E-state index contributed by atoms with van der Waals surface area (Å²) in [5.41, 5.74) is -0.600. The molecular weight excluding hydrogens is 182 g/mol. The van der Waals surface area contributed by atoms with E-state index in [1.54, 1.807) is 13.8 Å². The maximum Gasteiger partial charge on any atom is 0.227 e. The molecule has 0 aliphatic heterocycles. The molecule has 0 saturated heterocycles. The molecule has 14 heavy (non-hydrogen) atoms. The zero-order valence-electron chi connectivity index (χ0n) is 8.66. The van der Waals surface area contributed by atoms with Crippen molar-refractivity contribution >= 4 is 0 Å². The minimum absolute atomic E-state index is 0.600. The van der Waals surface area contributed by atoms with Crippen molar-refractivity contribution in [2.75, 3.05) is 13.1 Å². The predicted molar refractivity (Wildman–Crippen MR) is 51.8 cm³/mol. The van der Waals surface area contributed by atoms with Crippen molar-refractivity contribution in [2.45, 2.75) is 32.3 Å². The van der Waals surface area contributed by atoms with Crippen molar-refractivity contribution in [1.82, 2.24) is 15.5 Å². The lowest BCUT2D eigenvalue weighted by atomic mass is 10.1. The van der Waals surface area contributed by atoms with E-state index >= 15 is 0 Å².